The van der Waals surface area contributed by atoms with Crippen molar-refractivity contribution < 1.29 is 17.9 Å². The molecule has 1 aliphatic carbocycles. The minimum absolute atomic E-state index is 0. The zero-order valence-corrected chi connectivity index (χ0v) is 14.4. The highest BCUT2D eigenvalue weighted by molar-refractivity contribution is 7.89. The molecule has 0 bridgehead atoms. The minimum atomic E-state index is -3.59. The molecular weight excluding hydrogens is 328 g/mol. The maximum Gasteiger partial charge on any atom is 0.240 e. The predicted molar refractivity (Wildman–Crippen MR) is 87.3 cm³/mol. The van der Waals surface area contributed by atoms with Crippen molar-refractivity contribution in [1.82, 2.24) is 4.72 Å². The van der Waals surface area contributed by atoms with Crippen LogP contribution < -0.4 is 19.9 Å². The number of nitrogens with two attached hydrogens (primary N) is 1. The molecule has 2 rings (SSSR count). The van der Waals surface area contributed by atoms with Gasteiger partial charge in [0, 0.05) is 12.1 Å². The van der Waals surface area contributed by atoms with Gasteiger partial charge in [-0.1, -0.05) is 6.42 Å². The van der Waals surface area contributed by atoms with Gasteiger partial charge in [-0.15, -0.1) is 12.4 Å². The van der Waals surface area contributed by atoms with Crippen molar-refractivity contribution in [3.63, 3.8) is 0 Å². The fraction of sp³-hybridized carbons (Fsp3) is 0.571. The van der Waals surface area contributed by atoms with Crippen LogP contribution in [0.2, 0.25) is 0 Å². The van der Waals surface area contributed by atoms with Gasteiger partial charge < -0.3 is 15.2 Å². The number of methoxy groups -OCH3 is 2. The summed E-state index contributed by atoms with van der Waals surface area (Å²) in [5.41, 5.74) is 5.69. The summed E-state index contributed by atoms with van der Waals surface area (Å²) in [5.74, 6) is 1.10. The number of benzene rings is 1. The molecule has 0 saturated heterocycles. The zero-order chi connectivity index (χ0) is 15.5. The Morgan fingerprint density at radius 3 is 2.50 bits per heavy atom. The summed E-state index contributed by atoms with van der Waals surface area (Å²) in [6.45, 7) is 0.499. The fourth-order valence-corrected chi connectivity index (χ4v) is 4.08. The third-order valence-corrected chi connectivity index (χ3v) is 5.42. The molecule has 1 aromatic carbocycles. The topological polar surface area (TPSA) is 90.7 Å². The summed E-state index contributed by atoms with van der Waals surface area (Å²) < 4.78 is 38.0. The van der Waals surface area contributed by atoms with Crippen molar-refractivity contribution in [3.8, 4) is 11.5 Å². The molecular formula is C14H23ClN2O4S. The summed E-state index contributed by atoms with van der Waals surface area (Å²) in [6, 6.07) is 4.47. The van der Waals surface area contributed by atoms with Crippen LogP contribution in [0.15, 0.2) is 23.1 Å². The molecule has 8 heteroatoms. The molecule has 0 aromatic heterocycles. The van der Waals surface area contributed by atoms with E-state index in [1.54, 1.807) is 6.07 Å². The molecule has 1 saturated carbocycles. The van der Waals surface area contributed by atoms with E-state index < -0.39 is 10.0 Å². The maximum absolute atomic E-state index is 12.5. The highest BCUT2D eigenvalue weighted by Crippen LogP contribution is 2.31. The lowest BCUT2D eigenvalue weighted by Gasteiger charge is -2.19. The fourth-order valence-electron chi connectivity index (χ4n) is 2.73. The summed E-state index contributed by atoms with van der Waals surface area (Å²) in [4.78, 5) is 0.169. The van der Waals surface area contributed by atoms with Crippen molar-refractivity contribution >= 4 is 22.4 Å². The molecule has 126 valence electrons. The molecule has 1 aliphatic rings. The minimum Gasteiger partial charge on any atom is -0.493 e. The Morgan fingerprint density at radius 1 is 1.23 bits per heavy atom. The Balaban J connectivity index is 0.00000242. The van der Waals surface area contributed by atoms with Gasteiger partial charge in [0.15, 0.2) is 11.5 Å². The van der Waals surface area contributed by atoms with Gasteiger partial charge in [0.2, 0.25) is 10.0 Å². The molecule has 1 fully saturated rings. The first-order valence-electron chi connectivity index (χ1n) is 6.96. The van der Waals surface area contributed by atoms with E-state index >= 15 is 0 Å². The molecule has 1 aromatic rings. The molecule has 2 atom stereocenters. The number of nitrogens with one attached hydrogen (secondary N) is 1. The highest BCUT2D eigenvalue weighted by Gasteiger charge is 2.30. The Kier molecular flexibility index (Phi) is 6.93. The van der Waals surface area contributed by atoms with Gasteiger partial charge in [0.1, 0.15) is 0 Å². The smallest absolute Gasteiger partial charge is 0.240 e. The largest absolute Gasteiger partial charge is 0.493 e. The first-order chi connectivity index (χ1) is 10.0. The number of sulfonamides is 1. The van der Waals surface area contributed by atoms with E-state index in [4.69, 9.17) is 15.2 Å². The van der Waals surface area contributed by atoms with Crippen LogP contribution in [0.1, 0.15) is 19.3 Å². The third kappa shape index (κ3) is 4.04. The van der Waals surface area contributed by atoms with Crippen LogP contribution in [0, 0.1) is 5.92 Å². The average molecular weight is 351 g/mol. The van der Waals surface area contributed by atoms with Gasteiger partial charge in [0.25, 0.3) is 0 Å². The summed E-state index contributed by atoms with van der Waals surface area (Å²) >= 11 is 0. The van der Waals surface area contributed by atoms with Crippen LogP contribution in [-0.2, 0) is 10.0 Å². The molecule has 22 heavy (non-hydrogen) atoms. The maximum atomic E-state index is 12.5. The lowest BCUT2D eigenvalue weighted by atomic mass is 10.1. The third-order valence-electron chi connectivity index (χ3n) is 3.93. The Morgan fingerprint density at radius 2 is 1.91 bits per heavy atom. The molecule has 0 heterocycles. The Labute approximate surface area is 137 Å². The molecule has 0 aliphatic heterocycles. The van der Waals surface area contributed by atoms with Gasteiger partial charge in [-0.2, -0.15) is 0 Å². The van der Waals surface area contributed by atoms with E-state index in [0.717, 1.165) is 19.3 Å². The van der Waals surface area contributed by atoms with Crippen molar-refractivity contribution in [3.05, 3.63) is 18.2 Å². The molecule has 2 unspecified atom stereocenters. The monoisotopic (exact) mass is 350 g/mol. The Bertz CT molecular complexity index is 595. The number of hydrogen-bond acceptors (Lipinski definition) is 5. The first-order valence-corrected chi connectivity index (χ1v) is 8.44. The van der Waals surface area contributed by atoms with Crippen LogP contribution in [0.5, 0.6) is 11.5 Å². The van der Waals surface area contributed by atoms with Gasteiger partial charge >= 0.3 is 0 Å². The second-order valence-corrected chi connectivity index (χ2v) is 6.89. The standard InChI is InChI=1S/C14H22N2O4S.ClH/c1-19-13-7-6-11(8-14(13)20-2)21(17,18)16-12-5-3-4-10(12)9-15;/h6-8,10,12,16H,3-5,9,15H2,1-2H3;1H. The Hall–Kier alpha value is -1.02. The first kappa shape index (κ1) is 19.0. The van der Waals surface area contributed by atoms with Crippen LogP contribution in [-0.4, -0.2) is 35.2 Å². The van der Waals surface area contributed by atoms with E-state index in [9.17, 15) is 8.42 Å². The highest BCUT2D eigenvalue weighted by atomic mass is 35.5. The number of ether oxygens (including phenoxy) is 2. The van der Waals surface area contributed by atoms with Crippen molar-refractivity contribution in [2.75, 3.05) is 20.8 Å². The number of hydrogen-bond donors (Lipinski definition) is 2. The predicted octanol–water partition coefficient (Wildman–Crippen LogP) is 1.53. The number of rotatable bonds is 6. The van der Waals surface area contributed by atoms with E-state index in [2.05, 4.69) is 4.72 Å². The van der Waals surface area contributed by atoms with Crippen molar-refractivity contribution in [2.24, 2.45) is 11.7 Å². The van der Waals surface area contributed by atoms with Crippen LogP contribution >= 0.6 is 12.4 Å². The van der Waals surface area contributed by atoms with E-state index in [1.165, 1.54) is 26.4 Å². The normalized spacial score (nSPS) is 21.2. The lowest BCUT2D eigenvalue weighted by Crippen LogP contribution is -2.39. The average Bonchev–Trinajstić information content (AvgIpc) is 2.92. The second-order valence-electron chi connectivity index (χ2n) is 5.17. The SMILES string of the molecule is COc1ccc(S(=O)(=O)NC2CCCC2CN)cc1OC.Cl. The molecule has 6 nitrogen and oxygen atoms in total. The van der Waals surface area contributed by atoms with Crippen molar-refractivity contribution in [1.29, 1.82) is 0 Å². The van der Waals surface area contributed by atoms with Crippen LogP contribution in [0.3, 0.4) is 0 Å². The van der Waals surface area contributed by atoms with E-state index in [-0.39, 0.29) is 29.3 Å². The summed E-state index contributed by atoms with van der Waals surface area (Å²) in [5, 5.41) is 0. The van der Waals surface area contributed by atoms with Gasteiger partial charge in [-0.25, -0.2) is 13.1 Å². The molecule has 0 spiro atoms. The quantitative estimate of drug-likeness (QED) is 0.812. The van der Waals surface area contributed by atoms with Crippen LogP contribution in [0.4, 0.5) is 0 Å². The van der Waals surface area contributed by atoms with Crippen LogP contribution in [0.25, 0.3) is 0 Å². The lowest BCUT2D eigenvalue weighted by molar-refractivity contribution is 0.353. The van der Waals surface area contributed by atoms with Crippen molar-refractivity contribution in [2.45, 2.75) is 30.2 Å². The molecule has 0 amide bonds. The molecule has 0 radical (unpaired) electrons. The van der Waals surface area contributed by atoms with Gasteiger partial charge in [-0.05, 0) is 37.4 Å². The molecule has 3 N–H and O–H groups in total. The van der Waals surface area contributed by atoms with Gasteiger partial charge in [0.05, 0.1) is 19.1 Å². The zero-order valence-electron chi connectivity index (χ0n) is 12.7. The summed E-state index contributed by atoms with van der Waals surface area (Å²) in [6.07, 6.45) is 2.80. The summed E-state index contributed by atoms with van der Waals surface area (Å²) in [7, 11) is -0.602. The second kappa shape index (κ2) is 8.01. The van der Waals surface area contributed by atoms with Gasteiger partial charge in [-0.3, -0.25) is 0 Å². The van der Waals surface area contributed by atoms with E-state index in [1.807, 2.05) is 0 Å². The number of halogens is 1. The van der Waals surface area contributed by atoms with E-state index in [0.29, 0.717) is 18.0 Å².